The van der Waals surface area contributed by atoms with Gasteiger partial charge in [-0.15, -0.1) is 0 Å². The first kappa shape index (κ1) is 13.1. The maximum atomic E-state index is 10.6. The molecule has 0 bridgehead atoms. The predicted octanol–water partition coefficient (Wildman–Crippen LogP) is 4.17. The number of rotatable bonds is 2. The summed E-state index contributed by atoms with van der Waals surface area (Å²) in [5.74, 6) is 0. The molecule has 0 amide bonds. The Bertz CT molecular complexity index is 619. The molecule has 2 aromatic carbocycles. The lowest BCUT2D eigenvalue weighted by Crippen LogP contribution is -2.04. The molecular formula is C17H17IO. The predicted molar refractivity (Wildman–Crippen MR) is 86.4 cm³/mol. The first-order chi connectivity index (χ1) is 9.16. The zero-order valence-electron chi connectivity index (χ0n) is 11.0. The Morgan fingerprint density at radius 1 is 1.11 bits per heavy atom. The SMILES string of the molecule is Cc1cccc(C(O)c2ccc3c(c2)CCC3)c1I. The van der Waals surface area contributed by atoms with Crippen LogP contribution in [0.5, 0.6) is 0 Å². The molecule has 3 rings (SSSR count). The van der Waals surface area contributed by atoms with Crippen LogP contribution in [0, 0.1) is 10.5 Å². The van der Waals surface area contributed by atoms with Gasteiger partial charge < -0.3 is 5.11 Å². The van der Waals surface area contributed by atoms with Crippen LogP contribution in [-0.2, 0) is 12.8 Å². The minimum absolute atomic E-state index is 0.516. The van der Waals surface area contributed by atoms with E-state index in [2.05, 4.69) is 53.8 Å². The Balaban J connectivity index is 2.00. The quantitative estimate of drug-likeness (QED) is 0.793. The molecule has 0 aliphatic heterocycles. The zero-order valence-corrected chi connectivity index (χ0v) is 13.1. The number of aryl methyl sites for hydroxylation is 3. The summed E-state index contributed by atoms with van der Waals surface area (Å²) in [6, 6.07) is 12.6. The molecule has 1 unspecified atom stereocenters. The number of benzene rings is 2. The average Bonchev–Trinajstić information content (AvgIpc) is 2.88. The standard InChI is InChI=1S/C17H17IO/c1-11-4-2-7-15(16(11)18)17(19)14-9-8-12-5-3-6-13(12)10-14/h2,4,7-10,17,19H,3,5-6H2,1H3. The molecule has 0 saturated carbocycles. The van der Waals surface area contributed by atoms with Crippen molar-refractivity contribution >= 4 is 22.6 Å². The van der Waals surface area contributed by atoms with Gasteiger partial charge in [0.1, 0.15) is 6.10 Å². The van der Waals surface area contributed by atoms with E-state index < -0.39 is 6.10 Å². The smallest absolute Gasteiger partial charge is 0.105 e. The first-order valence-electron chi connectivity index (χ1n) is 6.71. The molecule has 0 saturated heterocycles. The molecule has 1 aliphatic rings. The number of hydrogen-bond acceptors (Lipinski definition) is 1. The molecule has 0 spiro atoms. The second-order valence-corrected chi connectivity index (χ2v) is 6.34. The van der Waals surface area contributed by atoms with Crippen molar-refractivity contribution in [1.82, 2.24) is 0 Å². The van der Waals surface area contributed by atoms with Crippen molar-refractivity contribution in [3.05, 3.63) is 67.8 Å². The molecule has 0 radical (unpaired) electrons. The molecule has 1 aliphatic carbocycles. The molecule has 1 N–H and O–H groups in total. The van der Waals surface area contributed by atoms with Crippen molar-refractivity contribution in [2.24, 2.45) is 0 Å². The molecule has 0 fully saturated rings. The number of aliphatic hydroxyl groups excluding tert-OH is 1. The summed E-state index contributed by atoms with van der Waals surface area (Å²) in [4.78, 5) is 0. The van der Waals surface area contributed by atoms with Crippen molar-refractivity contribution in [2.75, 3.05) is 0 Å². The van der Waals surface area contributed by atoms with Gasteiger partial charge in [-0.1, -0.05) is 36.4 Å². The van der Waals surface area contributed by atoms with E-state index in [1.165, 1.54) is 29.5 Å². The van der Waals surface area contributed by atoms with Crippen molar-refractivity contribution in [3.8, 4) is 0 Å². The maximum Gasteiger partial charge on any atom is 0.105 e. The lowest BCUT2D eigenvalue weighted by Gasteiger charge is -2.16. The minimum atomic E-state index is -0.516. The van der Waals surface area contributed by atoms with Gasteiger partial charge >= 0.3 is 0 Å². The lowest BCUT2D eigenvalue weighted by molar-refractivity contribution is 0.219. The van der Waals surface area contributed by atoms with Crippen LogP contribution in [0.15, 0.2) is 36.4 Å². The van der Waals surface area contributed by atoms with Gasteiger partial charge in [-0.05, 0) is 76.6 Å². The van der Waals surface area contributed by atoms with E-state index in [0.717, 1.165) is 21.1 Å². The Kier molecular flexibility index (Phi) is 3.63. The lowest BCUT2D eigenvalue weighted by atomic mass is 9.97. The Morgan fingerprint density at radius 3 is 2.74 bits per heavy atom. The molecule has 2 heteroatoms. The minimum Gasteiger partial charge on any atom is -0.384 e. The summed E-state index contributed by atoms with van der Waals surface area (Å²) in [6.07, 6.45) is 3.07. The van der Waals surface area contributed by atoms with E-state index in [1.807, 2.05) is 12.1 Å². The van der Waals surface area contributed by atoms with E-state index in [1.54, 1.807) is 0 Å². The Hall–Kier alpha value is -0.870. The highest BCUT2D eigenvalue weighted by molar-refractivity contribution is 14.1. The number of aliphatic hydroxyl groups is 1. The Labute approximate surface area is 127 Å². The van der Waals surface area contributed by atoms with Crippen LogP contribution in [0.1, 0.15) is 40.3 Å². The second kappa shape index (κ2) is 5.25. The number of halogens is 1. The third-order valence-corrected chi connectivity index (χ3v) is 5.43. The van der Waals surface area contributed by atoms with Crippen molar-refractivity contribution < 1.29 is 5.11 Å². The van der Waals surface area contributed by atoms with Gasteiger partial charge in [0.2, 0.25) is 0 Å². The molecule has 19 heavy (non-hydrogen) atoms. The van der Waals surface area contributed by atoms with Gasteiger partial charge in [0.05, 0.1) is 0 Å². The van der Waals surface area contributed by atoms with E-state index in [0.29, 0.717) is 0 Å². The fourth-order valence-corrected chi connectivity index (χ4v) is 3.48. The highest BCUT2D eigenvalue weighted by atomic mass is 127. The maximum absolute atomic E-state index is 10.6. The van der Waals surface area contributed by atoms with Crippen LogP contribution in [0.3, 0.4) is 0 Å². The Morgan fingerprint density at radius 2 is 1.89 bits per heavy atom. The number of hydrogen-bond donors (Lipinski definition) is 1. The van der Waals surface area contributed by atoms with Gasteiger partial charge in [0.15, 0.2) is 0 Å². The van der Waals surface area contributed by atoms with Crippen molar-refractivity contribution in [1.29, 1.82) is 0 Å². The summed E-state index contributed by atoms with van der Waals surface area (Å²) in [6.45, 7) is 2.08. The molecule has 1 atom stereocenters. The molecule has 98 valence electrons. The highest BCUT2D eigenvalue weighted by Gasteiger charge is 2.17. The summed E-state index contributed by atoms with van der Waals surface area (Å²) < 4.78 is 1.16. The topological polar surface area (TPSA) is 20.2 Å². The molecule has 2 aromatic rings. The molecular weight excluding hydrogens is 347 g/mol. The summed E-state index contributed by atoms with van der Waals surface area (Å²) >= 11 is 2.32. The van der Waals surface area contributed by atoms with E-state index in [4.69, 9.17) is 0 Å². The fraction of sp³-hybridized carbons (Fsp3) is 0.294. The zero-order chi connectivity index (χ0) is 13.4. The van der Waals surface area contributed by atoms with Crippen molar-refractivity contribution in [2.45, 2.75) is 32.3 Å². The first-order valence-corrected chi connectivity index (χ1v) is 7.79. The van der Waals surface area contributed by atoms with Crippen molar-refractivity contribution in [3.63, 3.8) is 0 Å². The van der Waals surface area contributed by atoms with Gasteiger partial charge in [0, 0.05) is 3.57 Å². The van der Waals surface area contributed by atoms with Crippen LogP contribution >= 0.6 is 22.6 Å². The monoisotopic (exact) mass is 364 g/mol. The average molecular weight is 364 g/mol. The highest BCUT2D eigenvalue weighted by Crippen LogP contribution is 2.31. The van der Waals surface area contributed by atoms with Crippen LogP contribution in [0.25, 0.3) is 0 Å². The van der Waals surface area contributed by atoms with Crippen LogP contribution in [0.2, 0.25) is 0 Å². The normalized spacial score (nSPS) is 15.3. The third-order valence-electron chi connectivity index (χ3n) is 3.95. The van der Waals surface area contributed by atoms with Gasteiger partial charge in [-0.25, -0.2) is 0 Å². The largest absolute Gasteiger partial charge is 0.384 e. The molecule has 0 heterocycles. The van der Waals surface area contributed by atoms with Gasteiger partial charge in [-0.2, -0.15) is 0 Å². The number of fused-ring (bicyclic) bond motifs is 1. The van der Waals surface area contributed by atoms with E-state index >= 15 is 0 Å². The van der Waals surface area contributed by atoms with Crippen LogP contribution < -0.4 is 0 Å². The fourth-order valence-electron chi connectivity index (χ4n) is 2.82. The van der Waals surface area contributed by atoms with Crippen LogP contribution in [-0.4, -0.2) is 5.11 Å². The third kappa shape index (κ3) is 2.43. The van der Waals surface area contributed by atoms with Gasteiger partial charge in [0.25, 0.3) is 0 Å². The van der Waals surface area contributed by atoms with E-state index in [9.17, 15) is 5.11 Å². The summed E-state index contributed by atoms with van der Waals surface area (Å²) in [5, 5.41) is 10.6. The van der Waals surface area contributed by atoms with E-state index in [-0.39, 0.29) is 0 Å². The second-order valence-electron chi connectivity index (χ2n) is 5.26. The molecule has 1 nitrogen and oxygen atoms in total. The van der Waals surface area contributed by atoms with Gasteiger partial charge in [-0.3, -0.25) is 0 Å². The summed E-state index contributed by atoms with van der Waals surface area (Å²) in [5.41, 5.74) is 6.12. The van der Waals surface area contributed by atoms with Crippen LogP contribution in [0.4, 0.5) is 0 Å². The summed E-state index contributed by atoms with van der Waals surface area (Å²) in [7, 11) is 0. The molecule has 0 aromatic heterocycles.